The van der Waals surface area contributed by atoms with Gasteiger partial charge in [0.15, 0.2) is 0 Å². The van der Waals surface area contributed by atoms with Crippen molar-refractivity contribution in [2.24, 2.45) is 5.92 Å². The Labute approximate surface area is 80.0 Å². The molecule has 0 aromatic rings. The van der Waals surface area contributed by atoms with Crippen LogP contribution in [0.3, 0.4) is 0 Å². The van der Waals surface area contributed by atoms with Gasteiger partial charge in [-0.15, -0.1) is 0 Å². The van der Waals surface area contributed by atoms with Crippen molar-refractivity contribution in [2.75, 3.05) is 26.4 Å². The van der Waals surface area contributed by atoms with Gasteiger partial charge in [-0.3, -0.25) is 0 Å². The lowest BCUT2D eigenvalue weighted by atomic mass is 10.0. The maximum absolute atomic E-state index is 8.67. The summed E-state index contributed by atoms with van der Waals surface area (Å²) < 4.78 is 10.9. The van der Waals surface area contributed by atoms with Crippen molar-refractivity contribution in [3.05, 3.63) is 0 Å². The standard InChI is InChI=1S/C10H20O3/c1-9(2-5-11)13-8-10-3-6-12-7-4-10/h9-11H,2-8H2,1H3. The highest BCUT2D eigenvalue weighted by Crippen LogP contribution is 2.15. The van der Waals surface area contributed by atoms with Gasteiger partial charge >= 0.3 is 0 Å². The highest BCUT2D eigenvalue weighted by Gasteiger charge is 2.14. The van der Waals surface area contributed by atoms with Gasteiger partial charge in [0.25, 0.3) is 0 Å². The maximum atomic E-state index is 8.67. The SMILES string of the molecule is CC(CCO)OCC1CCOCC1. The van der Waals surface area contributed by atoms with Crippen LogP contribution < -0.4 is 0 Å². The van der Waals surface area contributed by atoms with Crippen molar-refractivity contribution in [3.8, 4) is 0 Å². The number of hydrogen-bond donors (Lipinski definition) is 1. The Bertz CT molecular complexity index is 121. The zero-order chi connectivity index (χ0) is 9.52. The molecule has 1 heterocycles. The zero-order valence-electron chi connectivity index (χ0n) is 8.37. The molecule has 1 aliphatic heterocycles. The molecule has 1 fully saturated rings. The van der Waals surface area contributed by atoms with Gasteiger partial charge in [0.05, 0.1) is 6.10 Å². The van der Waals surface area contributed by atoms with Crippen LogP contribution in [0.25, 0.3) is 0 Å². The van der Waals surface area contributed by atoms with Gasteiger partial charge in [-0.25, -0.2) is 0 Å². The summed E-state index contributed by atoms with van der Waals surface area (Å²) >= 11 is 0. The largest absolute Gasteiger partial charge is 0.396 e. The van der Waals surface area contributed by atoms with E-state index in [-0.39, 0.29) is 12.7 Å². The molecule has 1 rings (SSSR count). The summed E-state index contributed by atoms with van der Waals surface area (Å²) in [4.78, 5) is 0. The molecule has 0 saturated carbocycles. The molecule has 0 radical (unpaired) electrons. The summed E-state index contributed by atoms with van der Waals surface area (Å²) in [5.41, 5.74) is 0. The molecule has 0 aliphatic carbocycles. The molecule has 3 heteroatoms. The molecule has 1 saturated heterocycles. The van der Waals surface area contributed by atoms with Gasteiger partial charge in [0.2, 0.25) is 0 Å². The normalized spacial score (nSPS) is 21.7. The third-order valence-corrected chi connectivity index (χ3v) is 2.49. The monoisotopic (exact) mass is 188 g/mol. The Morgan fingerprint density at radius 2 is 2.15 bits per heavy atom. The summed E-state index contributed by atoms with van der Waals surface area (Å²) in [6.07, 6.45) is 3.16. The van der Waals surface area contributed by atoms with E-state index in [0.29, 0.717) is 5.92 Å². The topological polar surface area (TPSA) is 38.7 Å². The van der Waals surface area contributed by atoms with Gasteiger partial charge in [0, 0.05) is 26.4 Å². The third-order valence-electron chi connectivity index (χ3n) is 2.49. The number of aliphatic hydroxyl groups excluding tert-OH is 1. The van der Waals surface area contributed by atoms with E-state index in [0.717, 1.165) is 39.1 Å². The van der Waals surface area contributed by atoms with Crippen molar-refractivity contribution in [2.45, 2.75) is 32.3 Å². The summed E-state index contributed by atoms with van der Waals surface area (Å²) in [5, 5.41) is 8.67. The van der Waals surface area contributed by atoms with E-state index in [4.69, 9.17) is 14.6 Å². The minimum absolute atomic E-state index is 0.188. The van der Waals surface area contributed by atoms with Gasteiger partial charge in [-0.1, -0.05) is 0 Å². The molecule has 78 valence electrons. The van der Waals surface area contributed by atoms with E-state index in [1.165, 1.54) is 0 Å². The van der Waals surface area contributed by atoms with E-state index < -0.39 is 0 Å². The van der Waals surface area contributed by atoms with E-state index >= 15 is 0 Å². The maximum Gasteiger partial charge on any atom is 0.0569 e. The summed E-state index contributed by atoms with van der Waals surface area (Å²) in [6, 6.07) is 0. The summed E-state index contributed by atoms with van der Waals surface area (Å²) in [7, 11) is 0. The number of ether oxygens (including phenoxy) is 2. The minimum atomic E-state index is 0.188. The second-order valence-electron chi connectivity index (χ2n) is 3.71. The minimum Gasteiger partial charge on any atom is -0.396 e. The molecular formula is C10H20O3. The highest BCUT2D eigenvalue weighted by molar-refractivity contribution is 4.63. The predicted molar refractivity (Wildman–Crippen MR) is 50.7 cm³/mol. The quantitative estimate of drug-likeness (QED) is 0.704. The van der Waals surface area contributed by atoms with Crippen LogP contribution in [0, 0.1) is 5.92 Å². The van der Waals surface area contributed by atoms with Crippen molar-refractivity contribution in [3.63, 3.8) is 0 Å². The predicted octanol–water partition coefficient (Wildman–Crippen LogP) is 1.20. The average Bonchev–Trinajstić information content (AvgIpc) is 2.17. The van der Waals surface area contributed by atoms with Crippen LogP contribution in [0.2, 0.25) is 0 Å². The van der Waals surface area contributed by atoms with Crippen molar-refractivity contribution in [1.82, 2.24) is 0 Å². The lowest BCUT2D eigenvalue weighted by molar-refractivity contribution is -0.0115. The summed E-state index contributed by atoms with van der Waals surface area (Å²) in [6.45, 7) is 4.81. The van der Waals surface area contributed by atoms with E-state index in [2.05, 4.69) is 0 Å². The third kappa shape index (κ3) is 4.60. The molecular weight excluding hydrogens is 168 g/mol. The van der Waals surface area contributed by atoms with Crippen molar-refractivity contribution < 1.29 is 14.6 Å². The van der Waals surface area contributed by atoms with Crippen LogP contribution in [-0.2, 0) is 9.47 Å². The Hall–Kier alpha value is -0.120. The Morgan fingerprint density at radius 3 is 2.77 bits per heavy atom. The van der Waals surface area contributed by atoms with Gasteiger partial charge in [0.1, 0.15) is 0 Å². The smallest absolute Gasteiger partial charge is 0.0569 e. The first-order valence-corrected chi connectivity index (χ1v) is 5.13. The highest BCUT2D eigenvalue weighted by atomic mass is 16.5. The van der Waals surface area contributed by atoms with E-state index in [1.54, 1.807) is 0 Å². The first-order valence-electron chi connectivity index (χ1n) is 5.13. The molecule has 0 spiro atoms. The fourth-order valence-corrected chi connectivity index (χ4v) is 1.48. The Morgan fingerprint density at radius 1 is 1.46 bits per heavy atom. The lowest BCUT2D eigenvalue weighted by Crippen LogP contribution is -2.23. The van der Waals surface area contributed by atoms with Gasteiger partial charge in [-0.05, 0) is 32.1 Å². The molecule has 0 amide bonds. The number of hydrogen-bond acceptors (Lipinski definition) is 3. The van der Waals surface area contributed by atoms with Crippen LogP contribution in [-0.4, -0.2) is 37.6 Å². The van der Waals surface area contributed by atoms with Crippen molar-refractivity contribution >= 4 is 0 Å². The molecule has 1 aliphatic rings. The second-order valence-corrected chi connectivity index (χ2v) is 3.71. The summed E-state index contributed by atoms with van der Waals surface area (Å²) in [5.74, 6) is 0.662. The molecule has 0 aromatic carbocycles. The van der Waals surface area contributed by atoms with Crippen molar-refractivity contribution in [1.29, 1.82) is 0 Å². The first-order chi connectivity index (χ1) is 6.33. The zero-order valence-corrected chi connectivity index (χ0v) is 8.37. The fraction of sp³-hybridized carbons (Fsp3) is 1.00. The Balaban J connectivity index is 2.03. The molecule has 13 heavy (non-hydrogen) atoms. The fourth-order valence-electron chi connectivity index (χ4n) is 1.48. The van der Waals surface area contributed by atoms with Gasteiger partial charge in [-0.2, -0.15) is 0 Å². The number of rotatable bonds is 5. The van der Waals surface area contributed by atoms with Crippen LogP contribution in [0.1, 0.15) is 26.2 Å². The molecule has 1 atom stereocenters. The van der Waals surface area contributed by atoms with Crippen LogP contribution in [0.15, 0.2) is 0 Å². The Kier molecular flexibility index (Phi) is 5.35. The molecule has 1 N–H and O–H groups in total. The molecule has 0 aromatic heterocycles. The van der Waals surface area contributed by atoms with Crippen LogP contribution >= 0.6 is 0 Å². The molecule has 0 bridgehead atoms. The van der Waals surface area contributed by atoms with Crippen LogP contribution in [0.4, 0.5) is 0 Å². The molecule has 3 nitrogen and oxygen atoms in total. The van der Waals surface area contributed by atoms with E-state index in [1.807, 2.05) is 6.92 Å². The van der Waals surface area contributed by atoms with E-state index in [9.17, 15) is 0 Å². The van der Waals surface area contributed by atoms with Gasteiger partial charge < -0.3 is 14.6 Å². The molecule has 1 unspecified atom stereocenters. The lowest BCUT2D eigenvalue weighted by Gasteiger charge is -2.23. The average molecular weight is 188 g/mol. The first kappa shape index (κ1) is 11.0. The number of aliphatic hydroxyl groups is 1. The van der Waals surface area contributed by atoms with Crippen LogP contribution in [0.5, 0.6) is 0 Å². The second kappa shape index (κ2) is 6.35.